The fourth-order valence-corrected chi connectivity index (χ4v) is 5.31. The molecule has 1 heterocycles. The van der Waals surface area contributed by atoms with E-state index in [1.54, 1.807) is 0 Å². The summed E-state index contributed by atoms with van der Waals surface area (Å²) in [6.45, 7) is 13.2. The van der Waals surface area contributed by atoms with Crippen molar-refractivity contribution in [3.8, 4) is 0 Å². The second-order valence-corrected chi connectivity index (χ2v) is 8.71. The van der Waals surface area contributed by atoms with Gasteiger partial charge in [-0.15, -0.1) is 0 Å². The lowest BCUT2D eigenvalue weighted by Crippen LogP contribution is -2.50. The molecule has 2 N–H and O–H groups in total. The van der Waals surface area contributed by atoms with Gasteiger partial charge in [-0.3, -0.25) is 4.68 Å². The van der Waals surface area contributed by atoms with Crippen LogP contribution in [0, 0.1) is 30.6 Å². The molecule has 134 valence electrons. The number of rotatable bonds is 3. The number of urea groups is 1. The zero-order chi connectivity index (χ0) is 17.9. The fraction of sp³-hybridized carbons (Fsp3) is 0.789. The summed E-state index contributed by atoms with van der Waals surface area (Å²) >= 11 is 0. The first-order valence-corrected chi connectivity index (χ1v) is 9.15. The lowest BCUT2D eigenvalue weighted by molar-refractivity contribution is 0.123. The Bertz CT molecular complexity index is 663. The molecule has 3 rings (SSSR count). The molecule has 5 nitrogen and oxygen atoms in total. The summed E-state index contributed by atoms with van der Waals surface area (Å²) in [5.41, 5.74) is 3.72. The van der Waals surface area contributed by atoms with Gasteiger partial charge in [0, 0.05) is 24.3 Å². The Balaban J connectivity index is 1.67. The number of nitrogens with zero attached hydrogens (tertiary/aromatic N) is 2. The molecular weight excluding hydrogens is 300 g/mol. The van der Waals surface area contributed by atoms with Crippen molar-refractivity contribution in [2.45, 2.75) is 72.9 Å². The van der Waals surface area contributed by atoms with E-state index in [1.807, 2.05) is 32.5 Å². The van der Waals surface area contributed by atoms with Crippen LogP contribution in [0.1, 0.15) is 70.0 Å². The average Bonchev–Trinajstić information content (AvgIpc) is 2.92. The van der Waals surface area contributed by atoms with Crippen molar-refractivity contribution in [2.75, 3.05) is 0 Å². The molecule has 0 aliphatic heterocycles. The van der Waals surface area contributed by atoms with Crippen LogP contribution < -0.4 is 10.6 Å². The smallest absolute Gasteiger partial charge is 0.315 e. The van der Waals surface area contributed by atoms with E-state index in [2.05, 4.69) is 36.5 Å². The standard InChI is InChI=1S/C19H32N4O/c1-11(16-12(2)22-23(7)13(16)3)20-17(24)21-15-10-14-8-9-19(15,6)18(14,4)5/h11,14-15H,8-10H2,1-7H3,(H2,20,21,24)/t11-,14+,15-,19+/m0/s1. The summed E-state index contributed by atoms with van der Waals surface area (Å²) < 4.78 is 1.88. The summed E-state index contributed by atoms with van der Waals surface area (Å²) in [5.74, 6) is 0.730. The minimum atomic E-state index is -0.0558. The van der Waals surface area contributed by atoms with Crippen molar-refractivity contribution >= 4 is 6.03 Å². The Kier molecular flexibility index (Phi) is 3.97. The number of aryl methyl sites for hydroxylation is 2. The summed E-state index contributed by atoms with van der Waals surface area (Å²) in [6.07, 6.45) is 3.62. The van der Waals surface area contributed by atoms with Gasteiger partial charge in [-0.25, -0.2) is 4.79 Å². The summed E-state index contributed by atoms with van der Waals surface area (Å²) in [4.78, 5) is 12.6. The van der Waals surface area contributed by atoms with Crippen LogP contribution in [-0.4, -0.2) is 21.9 Å². The highest BCUT2D eigenvalue weighted by Gasteiger charge is 2.61. The van der Waals surface area contributed by atoms with Gasteiger partial charge < -0.3 is 10.6 Å². The number of carbonyl (C=O) groups is 1. The predicted molar refractivity (Wildman–Crippen MR) is 95.8 cm³/mol. The molecule has 2 aliphatic rings. The van der Waals surface area contributed by atoms with Gasteiger partial charge in [0.2, 0.25) is 0 Å². The lowest BCUT2D eigenvalue weighted by atomic mass is 9.69. The van der Waals surface area contributed by atoms with Gasteiger partial charge in [0.25, 0.3) is 0 Å². The maximum absolute atomic E-state index is 12.6. The van der Waals surface area contributed by atoms with Gasteiger partial charge in [-0.2, -0.15) is 5.10 Å². The molecule has 2 bridgehead atoms. The first-order chi connectivity index (χ1) is 11.1. The average molecular weight is 332 g/mol. The molecule has 24 heavy (non-hydrogen) atoms. The van der Waals surface area contributed by atoms with E-state index in [4.69, 9.17) is 0 Å². The largest absolute Gasteiger partial charge is 0.335 e. The molecule has 4 atom stereocenters. The zero-order valence-electron chi connectivity index (χ0n) is 16.2. The number of fused-ring (bicyclic) bond motifs is 2. The molecule has 5 heteroatoms. The van der Waals surface area contributed by atoms with Gasteiger partial charge in [0.05, 0.1) is 11.7 Å². The van der Waals surface area contributed by atoms with E-state index < -0.39 is 0 Å². The zero-order valence-corrected chi connectivity index (χ0v) is 16.2. The number of aromatic nitrogens is 2. The molecule has 2 aliphatic carbocycles. The summed E-state index contributed by atoms with van der Waals surface area (Å²) in [7, 11) is 1.94. The number of carbonyl (C=O) groups excluding carboxylic acids is 1. The highest BCUT2D eigenvalue weighted by atomic mass is 16.2. The molecule has 0 radical (unpaired) electrons. The Labute approximate surface area is 145 Å². The van der Waals surface area contributed by atoms with Crippen molar-refractivity contribution in [3.63, 3.8) is 0 Å². The van der Waals surface area contributed by atoms with Crippen LogP contribution in [0.2, 0.25) is 0 Å². The van der Waals surface area contributed by atoms with Gasteiger partial charge in [0.15, 0.2) is 0 Å². The SMILES string of the molecule is Cc1nn(C)c(C)c1[C@H](C)NC(=O)N[C@H]1C[C@H]2CC[C@@]1(C)C2(C)C. The van der Waals surface area contributed by atoms with Gasteiger partial charge in [0.1, 0.15) is 0 Å². The van der Waals surface area contributed by atoms with Crippen molar-refractivity contribution in [1.29, 1.82) is 0 Å². The van der Waals surface area contributed by atoms with Gasteiger partial charge in [-0.1, -0.05) is 20.8 Å². The topological polar surface area (TPSA) is 59.0 Å². The third-order valence-electron chi connectivity index (χ3n) is 7.44. The number of hydrogen-bond acceptors (Lipinski definition) is 2. The first kappa shape index (κ1) is 17.3. The van der Waals surface area contributed by atoms with E-state index >= 15 is 0 Å². The van der Waals surface area contributed by atoms with Crippen LogP contribution in [0.3, 0.4) is 0 Å². The van der Waals surface area contributed by atoms with E-state index in [0.29, 0.717) is 5.41 Å². The third-order valence-corrected chi connectivity index (χ3v) is 7.44. The second-order valence-electron chi connectivity index (χ2n) is 8.71. The third kappa shape index (κ3) is 2.35. The van der Waals surface area contributed by atoms with Crippen molar-refractivity contribution in [2.24, 2.45) is 23.8 Å². The Morgan fingerprint density at radius 2 is 2.00 bits per heavy atom. The molecule has 1 aromatic heterocycles. The monoisotopic (exact) mass is 332 g/mol. The normalized spacial score (nSPS) is 32.0. The molecule has 0 spiro atoms. The van der Waals surface area contributed by atoms with Gasteiger partial charge >= 0.3 is 6.03 Å². The van der Waals surface area contributed by atoms with Crippen LogP contribution >= 0.6 is 0 Å². The summed E-state index contributed by atoms with van der Waals surface area (Å²) in [5, 5.41) is 10.8. The molecule has 1 aromatic rings. The molecule has 0 aromatic carbocycles. The van der Waals surface area contributed by atoms with E-state index in [0.717, 1.165) is 29.3 Å². The van der Waals surface area contributed by atoms with Gasteiger partial charge in [-0.05, 0) is 56.8 Å². The first-order valence-electron chi connectivity index (χ1n) is 9.15. The minimum Gasteiger partial charge on any atom is -0.335 e. The van der Waals surface area contributed by atoms with Crippen LogP contribution in [-0.2, 0) is 7.05 Å². The molecule has 2 saturated carbocycles. The Morgan fingerprint density at radius 1 is 1.33 bits per heavy atom. The van der Waals surface area contributed by atoms with E-state index in [1.165, 1.54) is 12.8 Å². The quantitative estimate of drug-likeness (QED) is 0.888. The van der Waals surface area contributed by atoms with Crippen LogP contribution in [0.25, 0.3) is 0 Å². The number of nitrogens with one attached hydrogen (secondary N) is 2. The van der Waals surface area contributed by atoms with Crippen LogP contribution in [0.5, 0.6) is 0 Å². The van der Waals surface area contributed by atoms with Crippen molar-refractivity contribution in [3.05, 3.63) is 17.0 Å². The van der Waals surface area contributed by atoms with Crippen molar-refractivity contribution in [1.82, 2.24) is 20.4 Å². The van der Waals surface area contributed by atoms with Crippen LogP contribution in [0.4, 0.5) is 4.79 Å². The fourth-order valence-electron chi connectivity index (χ4n) is 5.31. The molecule has 2 amide bonds. The summed E-state index contributed by atoms with van der Waals surface area (Å²) in [6, 6.07) is 0.173. The number of hydrogen-bond donors (Lipinski definition) is 2. The maximum Gasteiger partial charge on any atom is 0.315 e. The number of amides is 2. The highest BCUT2D eigenvalue weighted by Crippen LogP contribution is 2.65. The Hall–Kier alpha value is -1.52. The predicted octanol–water partition coefficient (Wildman–Crippen LogP) is 3.61. The van der Waals surface area contributed by atoms with E-state index in [9.17, 15) is 4.79 Å². The van der Waals surface area contributed by atoms with E-state index in [-0.39, 0.29) is 23.5 Å². The Morgan fingerprint density at radius 3 is 2.46 bits per heavy atom. The molecule has 0 saturated heterocycles. The molecular formula is C19H32N4O. The molecule has 0 unspecified atom stereocenters. The van der Waals surface area contributed by atoms with Crippen molar-refractivity contribution < 1.29 is 4.79 Å². The lowest BCUT2D eigenvalue weighted by Gasteiger charge is -2.39. The van der Waals surface area contributed by atoms with Crippen LogP contribution in [0.15, 0.2) is 0 Å². The maximum atomic E-state index is 12.6. The highest BCUT2D eigenvalue weighted by molar-refractivity contribution is 5.75. The molecule has 2 fully saturated rings. The minimum absolute atomic E-state index is 0.0434. The second kappa shape index (κ2) is 5.50.